The predicted molar refractivity (Wildman–Crippen MR) is 82.5 cm³/mol. The molecule has 0 N–H and O–H groups in total. The first-order valence-corrected chi connectivity index (χ1v) is 7.59. The molecule has 19 heavy (non-hydrogen) atoms. The summed E-state index contributed by atoms with van der Waals surface area (Å²) >= 11 is 15.5. The summed E-state index contributed by atoms with van der Waals surface area (Å²) in [5.41, 5.74) is -0.0681. The fourth-order valence-electron chi connectivity index (χ4n) is 1.37. The van der Waals surface area contributed by atoms with Crippen LogP contribution in [0.5, 0.6) is 0 Å². The SMILES string of the molecule is CC(C)(C(=O)CBr)C(Cl)C=C(Cl)c1ccc(F)cc1. The van der Waals surface area contributed by atoms with Gasteiger partial charge in [-0.25, -0.2) is 4.39 Å². The minimum atomic E-state index is -0.731. The van der Waals surface area contributed by atoms with Gasteiger partial charge in [-0.2, -0.15) is 0 Å². The van der Waals surface area contributed by atoms with E-state index >= 15 is 0 Å². The quantitative estimate of drug-likeness (QED) is 0.669. The molecule has 0 bridgehead atoms. The topological polar surface area (TPSA) is 17.1 Å². The van der Waals surface area contributed by atoms with E-state index < -0.39 is 10.8 Å². The zero-order valence-electron chi connectivity index (χ0n) is 10.6. The van der Waals surface area contributed by atoms with Gasteiger partial charge in [0.2, 0.25) is 0 Å². The van der Waals surface area contributed by atoms with Crippen molar-refractivity contribution in [3.63, 3.8) is 0 Å². The van der Waals surface area contributed by atoms with Crippen LogP contribution in [0.3, 0.4) is 0 Å². The number of hydrogen-bond acceptors (Lipinski definition) is 1. The molecule has 0 aliphatic heterocycles. The highest BCUT2D eigenvalue weighted by molar-refractivity contribution is 9.09. The van der Waals surface area contributed by atoms with Crippen LogP contribution in [0.2, 0.25) is 0 Å². The van der Waals surface area contributed by atoms with Crippen molar-refractivity contribution in [2.45, 2.75) is 19.2 Å². The van der Waals surface area contributed by atoms with Gasteiger partial charge in [0.1, 0.15) is 5.82 Å². The van der Waals surface area contributed by atoms with Gasteiger partial charge in [-0.1, -0.05) is 53.5 Å². The number of carbonyl (C=O) groups is 1. The molecule has 1 aromatic carbocycles. The minimum absolute atomic E-state index is 0.00711. The molecule has 1 atom stereocenters. The lowest BCUT2D eigenvalue weighted by Crippen LogP contribution is -2.33. The maximum Gasteiger partial charge on any atom is 0.150 e. The van der Waals surface area contributed by atoms with Gasteiger partial charge in [-0.15, -0.1) is 11.6 Å². The third-order valence-corrected chi connectivity index (χ3v) is 4.47. The summed E-state index contributed by atoms with van der Waals surface area (Å²) in [6.07, 6.45) is 1.61. The number of carbonyl (C=O) groups excluding carboxylic acids is 1. The third-order valence-electron chi connectivity index (χ3n) is 2.94. The van der Waals surface area contributed by atoms with Crippen molar-refractivity contribution in [3.8, 4) is 0 Å². The first kappa shape index (κ1) is 16.7. The Morgan fingerprint density at radius 3 is 2.42 bits per heavy atom. The summed E-state index contributed by atoms with van der Waals surface area (Å²) in [5, 5.41) is 0.0937. The van der Waals surface area contributed by atoms with Gasteiger partial charge < -0.3 is 0 Å². The molecular weight excluding hydrogens is 354 g/mol. The lowest BCUT2D eigenvalue weighted by molar-refractivity contribution is -0.123. The largest absolute Gasteiger partial charge is 0.298 e. The van der Waals surface area contributed by atoms with Crippen molar-refractivity contribution in [1.82, 2.24) is 0 Å². The monoisotopic (exact) mass is 366 g/mol. The molecule has 0 saturated heterocycles. The Morgan fingerprint density at radius 2 is 1.95 bits per heavy atom. The second-order valence-electron chi connectivity index (χ2n) is 4.70. The number of alkyl halides is 2. The summed E-state index contributed by atoms with van der Waals surface area (Å²) in [4.78, 5) is 11.8. The van der Waals surface area contributed by atoms with Crippen molar-refractivity contribution >= 4 is 49.9 Å². The summed E-state index contributed by atoms with van der Waals surface area (Å²) < 4.78 is 12.8. The van der Waals surface area contributed by atoms with Gasteiger partial charge in [-0.3, -0.25) is 4.79 Å². The van der Waals surface area contributed by atoms with E-state index in [1.807, 2.05) is 0 Å². The number of rotatable bonds is 5. The Morgan fingerprint density at radius 1 is 1.42 bits per heavy atom. The van der Waals surface area contributed by atoms with Crippen LogP contribution < -0.4 is 0 Å². The normalized spacial score (nSPS) is 14.3. The van der Waals surface area contributed by atoms with Crippen LogP contribution in [-0.2, 0) is 4.79 Å². The molecular formula is C14H14BrCl2FO. The van der Waals surface area contributed by atoms with E-state index in [-0.39, 0.29) is 16.9 Å². The van der Waals surface area contributed by atoms with Gasteiger partial charge >= 0.3 is 0 Å². The second-order valence-corrected chi connectivity index (χ2v) is 6.14. The molecule has 1 aromatic rings. The van der Waals surface area contributed by atoms with E-state index in [1.54, 1.807) is 32.1 Å². The molecule has 0 radical (unpaired) electrons. The van der Waals surface area contributed by atoms with Gasteiger partial charge in [-0.05, 0) is 23.8 Å². The molecule has 5 heteroatoms. The van der Waals surface area contributed by atoms with Crippen molar-refractivity contribution < 1.29 is 9.18 Å². The lowest BCUT2D eigenvalue weighted by atomic mass is 9.84. The van der Waals surface area contributed by atoms with E-state index in [1.165, 1.54) is 12.1 Å². The van der Waals surface area contributed by atoms with Crippen LogP contribution in [0.4, 0.5) is 4.39 Å². The molecule has 0 aliphatic rings. The highest BCUT2D eigenvalue weighted by atomic mass is 79.9. The van der Waals surface area contributed by atoms with Crippen molar-refractivity contribution in [3.05, 3.63) is 41.7 Å². The average molecular weight is 368 g/mol. The molecule has 1 rings (SSSR count). The van der Waals surface area contributed by atoms with Crippen LogP contribution >= 0.6 is 39.1 Å². The van der Waals surface area contributed by atoms with Crippen molar-refractivity contribution in [2.24, 2.45) is 5.41 Å². The average Bonchev–Trinajstić information content (AvgIpc) is 2.38. The van der Waals surface area contributed by atoms with Crippen molar-refractivity contribution in [2.75, 3.05) is 5.33 Å². The molecule has 0 aliphatic carbocycles. The molecule has 1 nitrogen and oxygen atoms in total. The van der Waals surface area contributed by atoms with Crippen molar-refractivity contribution in [1.29, 1.82) is 0 Å². The number of halogens is 4. The zero-order chi connectivity index (χ0) is 14.6. The smallest absolute Gasteiger partial charge is 0.150 e. The van der Waals surface area contributed by atoms with Crippen LogP contribution in [0.25, 0.3) is 5.03 Å². The van der Waals surface area contributed by atoms with E-state index in [4.69, 9.17) is 23.2 Å². The Labute approximate surface area is 130 Å². The fourth-order valence-corrected chi connectivity index (χ4v) is 2.65. The zero-order valence-corrected chi connectivity index (χ0v) is 13.7. The van der Waals surface area contributed by atoms with Gasteiger partial charge in [0.15, 0.2) is 5.78 Å². The standard InChI is InChI=1S/C14H14BrCl2FO/c1-14(2,13(19)8-15)12(17)7-11(16)9-3-5-10(18)6-4-9/h3-7,12H,8H2,1-2H3. The fraction of sp³-hybridized carbons (Fsp3) is 0.357. The van der Waals surface area contributed by atoms with E-state index in [2.05, 4.69) is 15.9 Å². The molecule has 0 heterocycles. The van der Waals surface area contributed by atoms with Gasteiger partial charge in [0, 0.05) is 10.4 Å². The maximum absolute atomic E-state index is 12.8. The summed E-state index contributed by atoms with van der Waals surface area (Å²) in [7, 11) is 0. The Kier molecular flexibility index (Phi) is 6.03. The Balaban J connectivity index is 2.95. The minimum Gasteiger partial charge on any atom is -0.298 e. The van der Waals surface area contributed by atoms with Crippen LogP contribution in [0, 0.1) is 11.2 Å². The van der Waals surface area contributed by atoms with Crippen LogP contribution in [0.15, 0.2) is 30.3 Å². The number of benzene rings is 1. The number of Topliss-reactive ketones (excluding diaryl/α,β-unsaturated/α-hetero) is 1. The van der Waals surface area contributed by atoms with Gasteiger partial charge in [0.25, 0.3) is 0 Å². The summed E-state index contributed by atoms with van der Waals surface area (Å²) in [6, 6.07) is 5.78. The molecule has 0 amide bonds. The van der Waals surface area contributed by atoms with E-state index in [0.717, 1.165) is 0 Å². The molecule has 0 saturated carbocycles. The lowest BCUT2D eigenvalue weighted by Gasteiger charge is -2.25. The number of hydrogen-bond donors (Lipinski definition) is 0. The Hall–Kier alpha value is -0.380. The predicted octanol–water partition coefficient (Wildman–Crippen LogP) is 5.00. The molecule has 104 valence electrons. The van der Waals surface area contributed by atoms with Gasteiger partial charge in [0.05, 0.1) is 10.7 Å². The first-order chi connectivity index (χ1) is 8.78. The summed E-state index contributed by atoms with van der Waals surface area (Å²) in [5.74, 6) is -0.335. The van der Waals surface area contributed by atoms with E-state index in [0.29, 0.717) is 10.6 Å². The van der Waals surface area contributed by atoms with E-state index in [9.17, 15) is 9.18 Å². The summed E-state index contributed by atoms with van der Waals surface area (Å²) in [6.45, 7) is 3.53. The molecule has 0 fully saturated rings. The highest BCUT2D eigenvalue weighted by Gasteiger charge is 2.33. The second kappa shape index (κ2) is 6.87. The molecule has 0 spiro atoms. The highest BCUT2D eigenvalue weighted by Crippen LogP contribution is 2.32. The van der Waals surface area contributed by atoms with Crippen LogP contribution in [0.1, 0.15) is 19.4 Å². The first-order valence-electron chi connectivity index (χ1n) is 5.65. The maximum atomic E-state index is 12.8. The van der Waals surface area contributed by atoms with Crippen LogP contribution in [-0.4, -0.2) is 16.5 Å². The number of ketones is 1. The third kappa shape index (κ3) is 4.30. The molecule has 0 aromatic heterocycles. The molecule has 1 unspecified atom stereocenters. The number of allylic oxidation sites excluding steroid dienone is 1. The Bertz CT molecular complexity index is 483.